The van der Waals surface area contributed by atoms with Crippen LogP contribution in [-0.2, 0) is 31.9 Å². The van der Waals surface area contributed by atoms with Crippen molar-refractivity contribution in [2.45, 2.75) is 104 Å². The van der Waals surface area contributed by atoms with Crippen molar-refractivity contribution in [1.82, 2.24) is 14.3 Å². The number of rotatable bonds is 9. The summed E-state index contributed by atoms with van der Waals surface area (Å²) < 4.78 is 86.4. The summed E-state index contributed by atoms with van der Waals surface area (Å²) >= 11 is 0. The van der Waals surface area contributed by atoms with Crippen LogP contribution < -0.4 is 10.4 Å². The van der Waals surface area contributed by atoms with E-state index in [-0.39, 0.29) is 24.4 Å². The lowest BCUT2D eigenvalue weighted by Crippen LogP contribution is -2.41. The van der Waals surface area contributed by atoms with Crippen molar-refractivity contribution in [2.75, 3.05) is 6.61 Å². The molecular weight excluding hydrogens is 549 g/mol. The fourth-order valence-corrected chi connectivity index (χ4v) is 4.40. The van der Waals surface area contributed by atoms with E-state index in [0.717, 1.165) is 42.9 Å². The Balaban J connectivity index is 1.68. The smallest absolute Gasteiger partial charge is 0.480 e. The van der Waals surface area contributed by atoms with Gasteiger partial charge in [-0.3, -0.25) is 4.57 Å². The molecule has 14 heteroatoms. The highest BCUT2D eigenvalue weighted by molar-refractivity contribution is 6.53. The van der Waals surface area contributed by atoms with E-state index in [9.17, 15) is 18.0 Å². The Labute approximate surface area is 236 Å². The molecule has 1 aromatic heterocycles. The fourth-order valence-electron chi connectivity index (χ4n) is 4.40. The molecule has 0 radical (unpaired) electrons. The van der Waals surface area contributed by atoms with Crippen LogP contribution in [0.2, 0.25) is 0 Å². The van der Waals surface area contributed by atoms with E-state index >= 15 is 4.39 Å². The van der Waals surface area contributed by atoms with Gasteiger partial charge in [-0.2, -0.15) is 17.9 Å². The summed E-state index contributed by atoms with van der Waals surface area (Å²) in [5.74, 6) is 0.0160. The molecule has 2 aliphatic rings. The van der Waals surface area contributed by atoms with Gasteiger partial charge in [0.15, 0.2) is 18.2 Å². The van der Waals surface area contributed by atoms with Crippen LogP contribution in [0.3, 0.4) is 0 Å². The van der Waals surface area contributed by atoms with Gasteiger partial charge in [0.05, 0.1) is 22.5 Å². The Kier molecular flexibility index (Phi) is 9.08. The maximum Gasteiger partial charge on any atom is 0.490 e. The standard InChI is InChI=1S/C27H36BF4N3O6/c1-7-34-22(16-38-23-10-8-9-13-37-23)33-35(24(34)36)18-11-12-19(21(14-18)39-17(2)27(30,31)32)20(29)15-28-40-25(3,4)26(5,6)41-28/h11-12,14-15,17,23H,7-10,13,16H2,1-6H3/b20-15-/t17-,23?/m0/s1. The van der Waals surface area contributed by atoms with Crippen LogP contribution in [0, 0.1) is 0 Å². The summed E-state index contributed by atoms with van der Waals surface area (Å²) in [7, 11) is -1.08. The molecule has 0 aliphatic carbocycles. The zero-order valence-corrected chi connectivity index (χ0v) is 24.1. The number of ether oxygens (including phenoxy) is 3. The predicted octanol–water partition coefficient (Wildman–Crippen LogP) is 5.37. The molecule has 2 saturated heterocycles. The van der Waals surface area contributed by atoms with Crippen molar-refractivity contribution in [3.05, 3.63) is 46.0 Å². The molecule has 0 N–H and O–H groups in total. The van der Waals surface area contributed by atoms with Crippen molar-refractivity contribution in [3.63, 3.8) is 0 Å². The molecule has 2 atom stereocenters. The van der Waals surface area contributed by atoms with E-state index < -0.39 is 54.2 Å². The summed E-state index contributed by atoms with van der Waals surface area (Å²) in [6.45, 7) is 10.6. The summed E-state index contributed by atoms with van der Waals surface area (Å²) in [5, 5.41) is 4.35. The number of hydrogen-bond donors (Lipinski definition) is 0. The molecule has 3 heterocycles. The zero-order chi connectivity index (χ0) is 30.2. The third-order valence-electron chi connectivity index (χ3n) is 7.58. The second kappa shape index (κ2) is 11.9. The lowest BCUT2D eigenvalue weighted by atomic mass is 9.88. The van der Waals surface area contributed by atoms with Crippen molar-refractivity contribution in [3.8, 4) is 11.4 Å². The highest BCUT2D eigenvalue weighted by atomic mass is 19.4. The minimum atomic E-state index is -4.72. The molecule has 9 nitrogen and oxygen atoms in total. The normalized spacial score (nSPS) is 21.8. The maximum atomic E-state index is 15.5. The van der Waals surface area contributed by atoms with Gasteiger partial charge in [0.2, 0.25) is 0 Å². The molecule has 0 bridgehead atoms. The van der Waals surface area contributed by atoms with Crippen molar-refractivity contribution < 1.29 is 41.1 Å². The lowest BCUT2D eigenvalue weighted by molar-refractivity contribution is -0.189. The van der Waals surface area contributed by atoms with Gasteiger partial charge in [-0.05, 0) is 78.9 Å². The number of alkyl halides is 3. The fraction of sp³-hybridized carbons (Fsp3) is 0.630. The topological polar surface area (TPSA) is 86.0 Å². The summed E-state index contributed by atoms with van der Waals surface area (Å²) in [4.78, 5) is 13.2. The third-order valence-corrected chi connectivity index (χ3v) is 7.58. The molecule has 1 aromatic carbocycles. The number of nitrogens with zero attached hydrogens (tertiary/aromatic N) is 3. The summed E-state index contributed by atoms with van der Waals surface area (Å²) in [6, 6.07) is 3.76. The first-order valence-electron chi connectivity index (χ1n) is 13.7. The lowest BCUT2D eigenvalue weighted by Gasteiger charge is -2.32. The van der Waals surface area contributed by atoms with Gasteiger partial charge in [-0.25, -0.2) is 9.18 Å². The quantitative estimate of drug-likeness (QED) is 0.289. The van der Waals surface area contributed by atoms with Gasteiger partial charge in [-0.1, -0.05) is 0 Å². The van der Waals surface area contributed by atoms with Gasteiger partial charge >= 0.3 is 19.0 Å². The van der Waals surface area contributed by atoms with Crippen LogP contribution in [0.15, 0.2) is 29.0 Å². The SMILES string of the molecule is CCn1c(COC2CCCCO2)nn(-c2ccc(/C(F)=C/B3OC(C)(C)C(C)(C)O3)c(O[C@@H](C)C(F)(F)F)c2)c1=O. The van der Waals surface area contributed by atoms with Gasteiger partial charge in [0, 0.05) is 19.2 Å². The Hall–Kier alpha value is -2.68. The van der Waals surface area contributed by atoms with E-state index in [2.05, 4.69) is 5.10 Å². The van der Waals surface area contributed by atoms with Crippen molar-refractivity contribution >= 4 is 12.9 Å². The number of halogens is 4. The summed E-state index contributed by atoms with van der Waals surface area (Å²) in [6.07, 6.45) is -4.74. The molecular formula is C27H36BF4N3O6. The number of aromatic nitrogens is 3. The Morgan fingerprint density at radius 1 is 1.22 bits per heavy atom. The van der Waals surface area contributed by atoms with Gasteiger partial charge in [0.25, 0.3) is 0 Å². The highest BCUT2D eigenvalue weighted by Crippen LogP contribution is 2.39. The molecule has 2 aromatic rings. The largest absolute Gasteiger partial charge is 0.490 e. The molecule has 2 fully saturated rings. The first kappa shape index (κ1) is 31.3. The minimum absolute atomic E-state index is 0.00124. The van der Waals surface area contributed by atoms with E-state index in [0.29, 0.717) is 12.4 Å². The highest BCUT2D eigenvalue weighted by Gasteiger charge is 2.50. The number of benzene rings is 1. The van der Waals surface area contributed by atoms with Crippen LogP contribution in [0.25, 0.3) is 11.5 Å². The van der Waals surface area contributed by atoms with Crippen molar-refractivity contribution in [2.24, 2.45) is 0 Å². The molecule has 2 aliphatic heterocycles. The number of hydrogen-bond acceptors (Lipinski definition) is 7. The molecule has 226 valence electrons. The van der Waals surface area contributed by atoms with Gasteiger partial charge in [-0.15, -0.1) is 5.10 Å². The van der Waals surface area contributed by atoms with Crippen LogP contribution in [0.5, 0.6) is 5.75 Å². The second-order valence-corrected chi connectivity index (χ2v) is 11.1. The Morgan fingerprint density at radius 3 is 2.49 bits per heavy atom. The molecule has 1 unspecified atom stereocenters. The molecule has 0 saturated carbocycles. The van der Waals surface area contributed by atoms with Crippen LogP contribution in [-0.4, -0.2) is 57.8 Å². The van der Waals surface area contributed by atoms with E-state index in [1.807, 2.05) is 0 Å². The maximum absolute atomic E-state index is 15.5. The van der Waals surface area contributed by atoms with E-state index in [1.54, 1.807) is 34.6 Å². The molecule has 0 spiro atoms. The Bertz CT molecular complexity index is 1300. The van der Waals surface area contributed by atoms with Crippen LogP contribution >= 0.6 is 0 Å². The Morgan fingerprint density at radius 2 is 1.90 bits per heavy atom. The van der Waals surface area contributed by atoms with E-state index in [4.69, 9.17) is 23.5 Å². The second-order valence-electron chi connectivity index (χ2n) is 11.1. The first-order chi connectivity index (χ1) is 19.1. The molecule has 0 amide bonds. The average Bonchev–Trinajstić information content (AvgIpc) is 3.32. The molecule has 4 rings (SSSR count). The van der Waals surface area contributed by atoms with Crippen LogP contribution in [0.1, 0.15) is 72.2 Å². The third kappa shape index (κ3) is 6.87. The summed E-state index contributed by atoms with van der Waals surface area (Å²) in [5.41, 5.74) is -2.20. The first-order valence-corrected chi connectivity index (χ1v) is 13.7. The van der Waals surface area contributed by atoms with E-state index in [1.165, 1.54) is 16.7 Å². The zero-order valence-electron chi connectivity index (χ0n) is 24.1. The minimum Gasteiger partial charge on any atom is -0.480 e. The van der Waals surface area contributed by atoms with Gasteiger partial charge < -0.3 is 23.5 Å². The monoisotopic (exact) mass is 585 g/mol. The van der Waals surface area contributed by atoms with Crippen molar-refractivity contribution in [1.29, 1.82) is 0 Å². The molecule has 41 heavy (non-hydrogen) atoms. The van der Waals surface area contributed by atoms with Crippen LogP contribution in [0.4, 0.5) is 17.6 Å². The average molecular weight is 585 g/mol. The van der Waals surface area contributed by atoms with Gasteiger partial charge in [0.1, 0.15) is 18.2 Å². The predicted molar refractivity (Wildman–Crippen MR) is 143 cm³/mol.